The molecule has 0 saturated carbocycles. The first kappa shape index (κ1) is 15.9. The van der Waals surface area contributed by atoms with Gasteiger partial charge in [0, 0.05) is 5.56 Å². The van der Waals surface area contributed by atoms with E-state index >= 15 is 0 Å². The number of hydrazine groups is 1. The van der Waals surface area contributed by atoms with E-state index in [2.05, 4.69) is 21.4 Å². The molecule has 112 valence electrons. The highest BCUT2D eigenvalue weighted by atomic mass is 79.9. The first-order valence-electron chi connectivity index (χ1n) is 6.80. The third kappa shape index (κ3) is 3.61. The van der Waals surface area contributed by atoms with Gasteiger partial charge in [-0.25, -0.2) is 9.82 Å². The zero-order chi connectivity index (χ0) is 15.2. The molecule has 0 saturated heterocycles. The van der Waals surface area contributed by atoms with Gasteiger partial charge in [0.2, 0.25) is 0 Å². The molecule has 0 aliphatic rings. The van der Waals surface area contributed by atoms with Crippen LogP contribution in [0.15, 0.2) is 46.9 Å². The zero-order valence-electron chi connectivity index (χ0n) is 11.8. The molecule has 2 aromatic carbocycles. The van der Waals surface area contributed by atoms with E-state index in [0.29, 0.717) is 11.1 Å². The summed E-state index contributed by atoms with van der Waals surface area (Å²) in [6.45, 7) is 2.67. The van der Waals surface area contributed by atoms with Gasteiger partial charge in [0.05, 0.1) is 17.1 Å². The van der Waals surface area contributed by atoms with Crippen molar-refractivity contribution in [2.75, 3.05) is 6.61 Å². The van der Waals surface area contributed by atoms with Crippen LogP contribution in [-0.2, 0) is 0 Å². The zero-order valence-corrected chi connectivity index (χ0v) is 13.4. The summed E-state index contributed by atoms with van der Waals surface area (Å²) in [4.78, 5) is 0. The van der Waals surface area contributed by atoms with Gasteiger partial charge in [0.25, 0.3) is 0 Å². The third-order valence-electron chi connectivity index (χ3n) is 3.15. The molecule has 1 atom stereocenters. The van der Waals surface area contributed by atoms with Crippen LogP contribution in [0.4, 0.5) is 4.39 Å². The fourth-order valence-corrected chi connectivity index (χ4v) is 2.65. The molecule has 0 fully saturated rings. The predicted octanol–water partition coefficient (Wildman–Crippen LogP) is 3.93. The van der Waals surface area contributed by atoms with Crippen LogP contribution in [0, 0.1) is 5.82 Å². The van der Waals surface area contributed by atoms with Crippen molar-refractivity contribution in [2.24, 2.45) is 5.84 Å². The second kappa shape index (κ2) is 7.54. The molecule has 3 N–H and O–H groups in total. The Bertz CT molecular complexity index is 607. The van der Waals surface area contributed by atoms with Crippen molar-refractivity contribution in [3.63, 3.8) is 0 Å². The van der Waals surface area contributed by atoms with Gasteiger partial charge in [-0.2, -0.15) is 0 Å². The van der Waals surface area contributed by atoms with Gasteiger partial charge in [0.15, 0.2) is 0 Å². The van der Waals surface area contributed by atoms with Crippen molar-refractivity contribution in [2.45, 2.75) is 19.4 Å². The Morgan fingerprint density at radius 1 is 1.19 bits per heavy atom. The monoisotopic (exact) mass is 352 g/mol. The number of benzene rings is 2. The van der Waals surface area contributed by atoms with Crippen molar-refractivity contribution in [3.8, 4) is 5.75 Å². The van der Waals surface area contributed by atoms with Crippen molar-refractivity contribution in [1.82, 2.24) is 5.43 Å². The smallest absolute Gasteiger partial charge is 0.137 e. The molecule has 0 bridgehead atoms. The van der Waals surface area contributed by atoms with E-state index in [1.165, 1.54) is 6.07 Å². The first-order valence-corrected chi connectivity index (χ1v) is 7.60. The molecule has 0 aromatic heterocycles. The van der Waals surface area contributed by atoms with Crippen LogP contribution in [0.2, 0.25) is 0 Å². The minimum atomic E-state index is -0.358. The van der Waals surface area contributed by atoms with Crippen LogP contribution in [0.5, 0.6) is 5.75 Å². The molecule has 0 aliphatic heterocycles. The molecule has 0 radical (unpaired) electrons. The molecular weight excluding hydrogens is 335 g/mol. The number of hydrogen-bond donors (Lipinski definition) is 2. The summed E-state index contributed by atoms with van der Waals surface area (Å²) in [5, 5.41) is 0. The maximum atomic E-state index is 13.7. The Morgan fingerprint density at radius 2 is 1.90 bits per heavy atom. The van der Waals surface area contributed by atoms with Gasteiger partial charge >= 0.3 is 0 Å². The van der Waals surface area contributed by atoms with Gasteiger partial charge in [-0.05, 0) is 40.0 Å². The number of nitrogens with one attached hydrogen (secondary N) is 1. The van der Waals surface area contributed by atoms with Gasteiger partial charge in [-0.1, -0.05) is 37.3 Å². The van der Waals surface area contributed by atoms with E-state index in [1.807, 2.05) is 37.3 Å². The highest BCUT2D eigenvalue weighted by Gasteiger charge is 2.20. The van der Waals surface area contributed by atoms with E-state index in [-0.39, 0.29) is 11.9 Å². The molecule has 0 amide bonds. The normalized spacial score (nSPS) is 12.2. The molecule has 0 aliphatic carbocycles. The lowest BCUT2D eigenvalue weighted by molar-refractivity contribution is 0.311. The largest absolute Gasteiger partial charge is 0.493 e. The Hall–Kier alpha value is -1.43. The lowest BCUT2D eigenvalue weighted by Crippen LogP contribution is -2.29. The summed E-state index contributed by atoms with van der Waals surface area (Å²) >= 11 is 3.28. The molecular formula is C16H18BrFN2O. The number of hydrogen-bond acceptors (Lipinski definition) is 3. The first-order chi connectivity index (χ1) is 10.2. The van der Waals surface area contributed by atoms with Crippen molar-refractivity contribution in [3.05, 3.63) is 63.9 Å². The van der Waals surface area contributed by atoms with E-state index in [4.69, 9.17) is 10.6 Å². The number of ether oxygens (including phenoxy) is 1. The molecule has 2 aromatic rings. The summed E-state index contributed by atoms with van der Waals surface area (Å²) in [5.74, 6) is 6.13. The Balaban J connectivity index is 2.44. The quantitative estimate of drug-likeness (QED) is 0.611. The number of halogens is 2. The second-order valence-electron chi connectivity index (χ2n) is 4.63. The van der Waals surface area contributed by atoms with Gasteiger partial charge in [0.1, 0.15) is 11.6 Å². The molecule has 0 spiro atoms. The fraction of sp³-hybridized carbons (Fsp3) is 0.250. The highest BCUT2D eigenvalue weighted by Crippen LogP contribution is 2.34. The number of para-hydroxylation sites is 1. The molecule has 3 nitrogen and oxygen atoms in total. The summed E-state index contributed by atoms with van der Waals surface area (Å²) < 4.78 is 19.9. The van der Waals surface area contributed by atoms with Crippen LogP contribution in [-0.4, -0.2) is 6.61 Å². The van der Waals surface area contributed by atoms with Crippen LogP contribution >= 0.6 is 15.9 Å². The Labute approximate surface area is 132 Å². The Morgan fingerprint density at radius 3 is 2.62 bits per heavy atom. The standard InChI is InChI=1S/C16H18BrFN2O/c1-2-10-21-14-9-4-3-6-11(14)16(20-19)12-7-5-8-13(18)15(12)17/h3-9,16,20H,2,10,19H2,1H3. The molecule has 2 rings (SSSR count). The van der Waals surface area contributed by atoms with Crippen LogP contribution < -0.4 is 16.0 Å². The van der Waals surface area contributed by atoms with E-state index in [0.717, 1.165) is 23.3 Å². The molecule has 5 heteroatoms. The van der Waals surface area contributed by atoms with Gasteiger partial charge in [-0.3, -0.25) is 5.84 Å². The van der Waals surface area contributed by atoms with E-state index < -0.39 is 0 Å². The maximum absolute atomic E-state index is 13.7. The minimum absolute atomic E-state index is 0.320. The van der Waals surface area contributed by atoms with Crippen molar-refractivity contribution < 1.29 is 9.13 Å². The van der Waals surface area contributed by atoms with Crippen LogP contribution in [0.1, 0.15) is 30.5 Å². The Kier molecular flexibility index (Phi) is 5.73. The van der Waals surface area contributed by atoms with E-state index in [1.54, 1.807) is 6.07 Å². The average Bonchev–Trinajstić information content (AvgIpc) is 2.51. The molecule has 21 heavy (non-hydrogen) atoms. The minimum Gasteiger partial charge on any atom is -0.493 e. The SMILES string of the molecule is CCCOc1ccccc1C(NN)c1cccc(F)c1Br. The van der Waals surface area contributed by atoms with Gasteiger partial charge in [-0.15, -0.1) is 0 Å². The number of nitrogens with two attached hydrogens (primary N) is 1. The summed E-state index contributed by atoms with van der Waals surface area (Å²) in [6.07, 6.45) is 0.915. The third-order valence-corrected chi connectivity index (χ3v) is 3.99. The van der Waals surface area contributed by atoms with Crippen LogP contribution in [0.25, 0.3) is 0 Å². The summed E-state index contributed by atoms with van der Waals surface area (Å²) in [7, 11) is 0. The van der Waals surface area contributed by atoms with Crippen molar-refractivity contribution >= 4 is 15.9 Å². The second-order valence-corrected chi connectivity index (χ2v) is 5.42. The molecule has 1 unspecified atom stereocenters. The lowest BCUT2D eigenvalue weighted by Gasteiger charge is -2.21. The number of rotatable bonds is 6. The molecule has 0 heterocycles. The average molecular weight is 353 g/mol. The summed E-state index contributed by atoms with van der Waals surface area (Å²) in [6, 6.07) is 12.2. The predicted molar refractivity (Wildman–Crippen MR) is 85.5 cm³/mol. The van der Waals surface area contributed by atoms with Gasteiger partial charge < -0.3 is 4.74 Å². The fourth-order valence-electron chi connectivity index (χ4n) is 2.15. The van der Waals surface area contributed by atoms with E-state index in [9.17, 15) is 4.39 Å². The topological polar surface area (TPSA) is 47.3 Å². The van der Waals surface area contributed by atoms with Crippen LogP contribution in [0.3, 0.4) is 0 Å². The lowest BCUT2D eigenvalue weighted by atomic mass is 9.98. The van der Waals surface area contributed by atoms with Crippen molar-refractivity contribution in [1.29, 1.82) is 0 Å². The highest BCUT2D eigenvalue weighted by molar-refractivity contribution is 9.10. The maximum Gasteiger partial charge on any atom is 0.137 e. The summed E-state index contributed by atoms with van der Waals surface area (Å²) in [5.41, 5.74) is 4.34.